The van der Waals surface area contributed by atoms with E-state index in [1.807, 2.05) is 0 Å². The zero-order valence-corrected chi connectivity index (χ0v) is 13.1. The molecule has 0 amide bonds. The minimum atomic E-state index is -4.35. The standard InChI is InChI=1S/C9H11O6S.K/c10-5-7(11)6-15-8-3-1-2-4-9(8)16(12,13)14;/h1,3-4,7,10-11H,5-6H2,(H,12,13,14);. The van der Waals surface area contributed by atoms with Crippen molar-refractivity contribution >= 4 is 58.7 Å². The van der Waals surface area contributed by atoms with Crippen LogP contribution in [0.4, 0.5) is 0 Å². The molecule has 8 heteroatoms. The Bertz CT molecular complexity index is 486. The Morgan fingerprint density at radius 1 is 1.41 bits per heavy atom. The van der Waals surface area contributed by atoms with Gasteiger partial charge in [0.05, 0.1) is 0 Å². The first kappa shape index (κ1) is 15.5. The van der Waals surface area contributed by atoms with Crippen molar-refractivity contribution in [2.75, 3.05) is 13.2 Å². The van der Waals surface area contributed by atoms with Crippen molar-refractivity contribution in [3.8, 4) is 5.75 Å². The second-order valence-corrected chi connectivity index (χ2v) is 6.77. The van der Waals surface area contributed by atoms with Gasteiger partial charge in [0.1, 0.15) is 0 Å². The average molecular weight is 286 g/mol. The molecular weight excluding hydrogens is 275 g/mol. The fourth-order valence-corrected chi connectivity index (χ4v) is 2.93. The van der Waals surface area contributed by atoms with Crippen LogP contribution in [-0.4, -0.2) is 91.5 Å². The maximum atomic E-state index is 11.1. The SMILES string of the molecule is O=S(=O)(O)c1c[c]([K])ccc1OCC(O)CO. The van der Waals surface area contributed by atoms with Crippen molar-refractivity contribution in [1.29, 1.82) is 0 Å². The third-order valence-corrected chi connectivity index (χ3v) is 3.87. The molecule has 1 aromatic carbocycles. The zero-order valence-electron chi connectivity index (χ0n) is 9.20. The van der Waals surface area contributed by atoms with E-state index in [4.69, 9.17) is 19.5 Å². The first-order valence-corrected chi connectivity index (χ1v) is 7.84. The molecule has 6 nitrogen and oxygen atoms in total. The van der Waals surface area contributed by atoms with Gasteiger partial charge in [0, 0.05) is 0 Å². The van der Waals surface area contributed by atoms with Crippen molar-refractivity contribution in [3.63, 3.8) is 0 Å². The molecule has 1 unspecified atom stereocenters. The van der Waals surface area contributed by atoms with Gasteiger partial charge in [0.15, 0.2) is 0 Å². The number of benzene rings is 1. The van der Waals surface area contributed by atoms with Crippen LogP contribution in [-0.2, 0) is 10.1 Å². The van der Waals surface area contributed by atoms with Gasteiger partial charge in [-0.15, -0.1) is 0 Å². The molecule has 0 aliphatic heterocycles. The summed E-state index contributed by atoms with van der Waals surface area (Å²) in [6.45, 7) is -0.730. The third-order valence-electron chi connectivity index (χ3n) is 2.02. The fraction of sp³-hybridized carbons (Fsp3) is 0.333. The molecule has 90 valence electrons. The Kier molecular flexibility index (Phi) is 6.03. The summed E-state index contributed by atoms with van der Waals surface area (Å²) in [5.74, 6) is -0.0343. The Morgan fingerprint density at radius 2 is 2.06 bits per heavy atom. The van der Waals surface area contributed by atoms with Crippen LogP contribution in [0.5, 0.6) is 5.75 Å². The number of rotatable bonds is 5. The molecule has 1 rings (SSSR count). The molecule has 0 saturated heterocycles. The number of hydrogen-bond acceptors (Lipinski definition) is 5. The molecule has 0 saturated carbocycles. The summed E-state index contributed by atoms with van der Waals surface area (Å²) < 4.78 is 37.1. The van der Waals surface area contributed by atoms with Crippen molar-refractivity contribution in [3.05, 3.63) is 18.2 Å². The van der Waals surface area contributed by atoms with Gasteiger partial charge in [0.25, 0.3) is 0 Å². The van der Waals surface area contributed by atoms with Crippen molar-refractivity contribution in [2.45, 2.75) is 11.0 Å². The summed E-state index contributed by atoms with van der Waals surface area (Å²) in [5.41, 5.74) is 0. The molecule has 17 heavy (non-hydrogen) atoms. The van der Waals surface area contributed by atoms with E-state index in [2.05, 4.69) is 0 Å². The van der Waals surface area contributed by atoms with E-state index in [1.165, 1.54) is 12.1 Å². The van der Waals surface area contributed by atoms with Gasteiger partial charge in [-0.25, -0.2) is 0 Å². The number of aliphatic hydroxyl groups excluding tert-OH is 2. The molecule has 3 N–H and O–H groups in total. The molecule has 0 radical (unpaired) electrons. The molecule has 0 aliphatic carbocycles. The Labute approximate surface area is 133 Å². The van der Waals surface area contributed by atoms with E-state index in [0.717, 1.165) is -0.342 Å². The number of hydrogen-bond donors (Lipinski definition) is 3. The van der Waals surface area contributed by atoms with Crippen LogP contribution < -0.4 is 4.39 Å². The number of ether oxygens (including phenoxy) is 1. The second-order valence-electron chi connectivity index (χ2n) is 3.57. The van der Waals surface area contributed by atoms with E-state index in [0.29, 0.717) is 0 Å². The van der Waals surface area contributed by atoms with Gasteiger partial charge in [-0.05, 0) is 0 Å². The molecule has 0 spiro atoms. The summed E-state index contributed by atoms with van der Waals surface area (Å²) in [5, 5.41) is 17.7. The second kappa shape index (κ2) is 6.59. The van der Waals surface area contributed by atoms with Crippen LogP contribution in [0, 0.1) is 0 Å². The Morgan fingerprint density at radius 3 is 2.59 bits per heavy atom. The first-order valence-electron chi connectivity index (χ1n) is 4.84. The predicted molar refractivity (Wildman–Crippen MR) is 60.2 cm³/mol. The van der Waals surface area contributed by atoms with E-state index in [1.54, 1.807) is 6.07 Å². The summed E-state index contributed by atoms with van der Waals surface area (Å²) in [6, 6.07) is 4.46. The van der Waals surface area contributed by atoms with Crippen LogP contribution in [0.3, 0.4) is 0 Å². The molecule has 1 aromatic rings. The van der Waals surface area contributed by atoms with Crippen LogP contribution in [0.25, 0.3) is 0 Å². The van der Waals surface area contributed by atoms with E-state index < -0.39 is 22.8 Å². The molecule has 0 bridgehead atoms. The van der Waals surface area contributed by atoms with Gasteiger partial charge in [-0.3, -0.25) is 0 Å². The van der Waals surface area contributed by atoms with E-state index in [-0.39, 0.29) is 66.2 Å². The van der Waals surface area contributed by atoms with Crippen LogP contribution in [0.15, 0.2) is 23.1 Å². The van der Waals surface area contributed by atoms with Gasteiger partial charge < -0.3 is 0 Å². The number of aliphatic hydroxyl groups is 2. The molecule has 0 aromatic heterocycles. The van der Waals surface area contributed by atoms with Crippen molar-refractivity contribution < 1.29 is 27.9 Å². The Hall–Kier alpha value is 0.486. The molecule has 1 atom stereocenters. The summed E-state index contributed by atoms with van der Waals surface area (Å²) in [4.78, 5) is -0.312. The Balaban J connectivity index is 3.00. The predicted octanol–water partition coefficient (Wildman–Crippen LogP) is -1.54. The quantitative estimate of drug-likeness (QED) is 0.448. The monoisotopic (exact) mass is 286 g/mol. The van der Waals surface area contributed by atoms with Crippen molar-refractivity contribution in [1.82, 2.24) is 0 Å². The maximum absolute atomic E-state index is 11.1. The van der Waals surface area contributed by atoms with Gasteiger partial charge in [0.2, 0.25) is 0 Å². The van der Waals surface area contributed by atoms with Gasteiger partial charge in [-0.2, -0.15) is 0 Å². The summed E-state index contributed by atoms with van der Waals surface area (Å²) >= 11 is 0.273. The molecule has 0 heterocycles. The summed E-state index contributed by atoms with van der Waals surface area (Å²) in [7, 11) is -4.35. The van der Waals surface area contributed by atoms with E-state index >= 15 is 0 Å². The van der Waals surface area contributed by atoms with E-state index in [9.17, 15) is 8.42 Å². The zero-order chi connectivity index (χ0) is 13.1. The molecular formula is C9H11KO6S. The summed E-state index contributed by atoms with van der Waals surface area (Å²) in [6.07, 6.45) is -1.09. The third kappa shape index (κ3) is 4.93. The van der Waals surface area contributed by atoms with Crippen LogP contribution >= 0.6 is 0 Å². The molecule has 0 aliphatic rings. The first-order chi connectivity index (χ1) is 7.84. The van der Waals surface area contributed by atoms with Gasteiger partial charge >= 0.3 is 135 Å². The van der Waals surface area contributed by atoms with Crippen LogP contribution in [0.1, 0.15) is 0 Å². The molecule has 0 fully saturated rings. The normalized spacial score (nSPS) is 13.5. The van der Waals surface area contributed by atoms with Gasteiger partial charge in [-0.1, -0.05) is 0 Å². The van der Waals surface area contributed by atoms with Crippen molar-refractivity contribution in [2.24, 2.45) is 0 Å². The average Bonchev–Trinajstić information content (AvgIpc) is 2.25. The fourth-order valence-electron chi connectivity index (χ4n) is 1.17. The minimum absolute atomic E-state index is 0.0343. The van der Waals surface area contributed by atoms with Crippen LogP contribution in [0.2, 0.25) is 0 Å². The topological polar surface area (TPSA) is 104 Å².